The third kappa shape index (κ3) is 6.10. The second-order valence-corrected chi connectivity index (χ2v) is 5.31. The van der Waals surface area contributed by atoms with Gasteiger partial charge in [-0.2, -0.15) is 0 Å². The van der Waals surface area contributed by atoms with Crippen LogP contribution in [0.25, 0.3) is 0 Å². The number of carbonyl (C=O) groups excluding carboxylic acids is 1. The topological polar surface area (TPSA) is 38.3 Å². The minimum absolute atomic E-state index is 0.0849. The lowest BCUT2D eigenvalue weighted by molar-refractivity contribution is -0.143. The van der Waals surface area contributed by atoms with E-state index in [2.05, 4.69) is 34.2 Å². The van der Waals surface area contributed by atoms with Crippen molar-refractivity contribution in [3.05, 3.63) is 28.2 Å². The average Bonchev–Trinajstić information content (AvgIpc) is 2.38. The Labute approximate surface area is 123 Å². The molecule has 19 heavy (non-hydrogen) atoms. The van der Waals surface area contributed by atoms with Crippen LogP contribution in [0.5, 0.6) is 0 Å². The highest BCUT2D eigenvalue weighted by Gasteiger charge is 2.02. The van der Waals surface area contributed by atoms with Crippen molar-refractivity contribution in [2.45, 2.75) is 39.5 Å². The third-order valence-electron chi connectivity index (χ3n) is 2.95. The first-order valence-corrected chi connectivity index (χ1v) is 7.59. The SMILES string of the molecule is CCOC(=O)CCCCCNc1cccc(Br)c1C. The fourth-order valence-corrected chi connectivity index (χ4v) is 2.19. The van der Waals surface area contributed by atoms with Crippen LogP contribution < -0.4 is 5.32 Å². The van der Waals surface area contributed by atoms with E-state index >= 15 is 0 Å². The third-order valence-corrected chi connectivity index (χ3v) is 3.81. The molecule has 1 N–H and O–H groups in total. The lowest BCUT2D eigenvalue weighted by atomic mass is 10.1. The predicted octanol–water partition coefficient (Wildman–Crippen LogP) is 4.29. The van der Waals surface area contributed by atoms with E-state index in [-0.39, 0.29) is 5.97 Å². The molecule has 1 rings (SSSR count). The lowest BCUT2D eigenvalue weighted by Crippen LogP contribution is -2.05. The standard InChI is InChI=1S/C15H22BrNO2/c1-3-19-15(18)10-5-4-6-11-17-14-9-7-8-13(16)12(14)2/h7-9,17H,3-6,10-11H2,1-2H3. The Hall–Kier alpha value is -1.03. The molecule has 0 heterocycles. The van der Waals surface area contributed by atoms with Gasteiger partial charge in [0.05, 0.1) is 6.61 Å². The van der Waals surface area contributed by atoms with Crippen LogP contribution in [-0.4, -0.2) is 19.1 Å². The molecule has 0 atom stereocenters. The summed E-state index contributed by atoms with van der Waals surface area (Å²) < 4.78 is 6.01. The van der Waals surface area contributed by atoms with Gasteiger partial charge < -0.3 is 10.1 Å². The zero-order valence-corrected chi connectivity index (χ0v) is 13.3. The molecule has 3 nitrogen and oxygen atoms in total. The molecule has 0 unspecified atom stereocenters. The quantitative estimate of drug-likeness (QED) is 0.571. The Morgan fingerprint density at radius 3 is 2.84 bits per heavy atom. The van der Waals surface area contributed by atoms with Gasteiger partial charge in [-0.3, -0.25) is 4.79 Å². The molecule has 106 valence electrons. The summed E-state index contributed by atoms with van der Waals surface area (Å²) >= 11 is 3.52. The molecule has 0 radical (unpaired) electrons. The number of esters is 1. The number of benzene rings is 1. The Kier molecular flexibility index (Phi) is 7.56. The van der Waals surface area contributed by atoms with Crippen molar-refractivity contribution in [3.8, 4) is 0 Å². The number of anilines is 1. The van der Waals surface area contributed by atoms with E-state index in [0.29, 0.717) is 13.0 Å². The van der Waals surface area contributed by atoms with Crippen LogP contribution in [0.4, 0.5) is 5.69 Å². The molecule has 0 bridgehead atoms. The summed E-state index contributed by atoms with van der Waals surface area (Å²) in [6.45, 7) is 5.33. The molecule has 1 aromatic carbocycles. The molecule has 0 amide bonds. The number of nitrogens with one attached hydrogen (secondary N) is 1. The number of hydrogen-bond acceptors (Lipinski definition) is 3. The van der Waals surface area contributed by atoms with E-state index in [0.717, 1.165) is 30.3 Å². The van der Waals surface area contributed by atoms with Crippen molar-refractivity contribution in [2.24, 2.45) is 0 Å². The van der Waals surface area contributed by atoms with Crippen LogP contribution in [0.1, 0.15) is 38.2 Å². The van der Waals surface area contributed by atoms with E-state index in [1.165, 1.54) is 11.3 Å². The fraction of sp³-hybridized carbons (Fsp3) is 0.533. The molecule has 0 fully saturated rings. The molecule has 0 spiro atoms. The minimum Gasteiger partial charge on any atom is -0.466 e. The summed E-state index contributed by atoms with van der Waals surface area (Å²) in [5.41, 5.74) is 2.40. The number of unbranched alkanes of at least 4 members (excludes halogenated alkanes) is 2. The fourth-order valence-electron chi connectivity index (χ4n) is 1.83. The summed E-state index contributed by atoms with van der Waals surface area (Å²) in [5, 5.41) is 3.42. The van der Waals surface area contributed by atoms with Gasteiger partial charge in [0.15, 0.2) is 0 Å². The van der Waals surface area contributed by atoms with Crippen LogP contribution >= 0.6 is 15.9 Å². The largest absolute Gasteiger partial charge is 0.466 e. The number of carbonyl (C=O) groups is 1. The second-order valence-electron chi connectivity index (χ2n) is 4.45. The maximum absolute atomic E-state index is 11.1. The van der Waals surface area contributed by atoms with Crippen molar-refractivity contribution in [1.29, 1.82) is 0 Å². The van der Waals surface area contributed by atoms with Gasteiger partial charge in [0, 0.05) is 23.1 Å². The normalized spacial score (nSPS) is 10.3. The van der Waals surface area contributed by atoms with Gasteiger partial charge in [-0.1, -0.05) is 28.4 Å². The summed E-state index contributed by atoms with van der Waals surface area (Å²) in [5.74, 6) is -0.0849. The van der Waals surface area contributed by atoms with Crippen molar-refractivity contribution in [2.75, 3.05) is 18.5 Å². The number of halogens is 1. The number of ether oxygens (including phenoxy) is 1. The van der Waals surface area contributed by atoms with Gasteiger partial charge in [0.25, 0.3) is 0 Å². The van der Waals surface area contributed by atoms with E-state index in [1.54, 1.807) is 0 Å². The zero-order chi connectivity index (χ0) is 14.1. The molecule has 0 aliphatic heterocycles. The van der Waals surface area contributed by atoms with E-state index in [9.17, 15) is 4.79 Å². The Morgan fingerprint density at radius 2 is 2.11 bits per heavy atom. The molecule has 0 saturated carbocycles. The van der Waals surface area contributed by atoms with E-state index < -0.39 is 0 Å². The van der Waals surface area contributed by atoms with Gasteiger partial charge >= 0.3 is 5.97 Å². The molecule has 1 aromatic rings. The zero-order valence-electron chi connectivity index (χ0n) is 11.7. The first-order valence-electron chi connectivity index (χ1n) is 6.79. The first kappa shape index (κ1) is 16.0. The van der Waals surface area contributed by atoms with Crippen molar-refractivity contribution < 1.29 is 9.53 Å². The van der Waals surface area contributed by atoms with Gasteiger partial charge in [-0.25, -0.2) is 0 Å². The number of rotatable bonds is 8. The molecule has 0 aromatic heterocycles. The second kappa shape index (κ2) is 8.97. The summed E-state index contributed by atoms with van der Waals surface area (Å²) in [7, 11) is 0. The van der Waals surface area contributed by atoms with Crippen molar-refractivity contribution in [3.63, 3.8) is 0 Å². The molecule has 0 aliphatic rings. The Bertz CT molecular complexity index is 407. The van der Waals surface area contributed by atoms with Gasteiger partial charge in [-0.05, 0) is 44.4 Å². The maximum Gasteiger partial charge on any atom is 0.305 e. The summed E-state index contributed by atoms with van der Waals surface area (Å²) in [4.78, 5) is 11.1. The minimum atomic E-state index is -0.0849. The van der Waals surface area contributed by atoms with Gasteiger partial charge in [0.2, 0.25) is 0 Å². The smallest absolute Gasteiger partial charge is 0.305 e. The highest BCUT2D eigenvalue weighted by Crippen LogP contribution is 2.23. The molecule has 0 saturated heterocycles. The maximum atomic E-state index is 11.1. The average molecular weight is 328 g/mol. The van der Waals surface area contributed by atoms with Crippen molar-refractivity contribution in [1.82, 2.24) is 0 Å². The van der Waals surface area contributed by atoms with Crippen LogP contribution in [-0.2, 0) is 9.53 Å². The summed E-state index contributed by atoms with van der Waals surface area (Å²) in [6, 6.07) is 6.15. The Balaban J connectivity index is 2.14. The van der Waals surface area contributed by atoms with Crippen molar-refractivity contribution >= 4 is 27.6 Å². The molecule has 0 aliphatic carbocycles. The Morgan fingerprint density at radius 1 is 1.32 bits per heavy atom. The van der Waals surface area contributed by atoms with Crippen LogP contribution in [0.3, 0.4) is 0 Å². The lowest BCUT2D eigenvalue weighted by Gasteiger charge is -2.10. The molecule has 4 heteroatoms. The molecular formula is C15H22BrNO2. The van der Waals surface area contributed by atoms with Gasteiger partial charge in [-0.15, -0.1) is 0 Å². The van der Waals surface area contributed by atoms with Crippen LogP contribution in [0.15, 0.2) is 22.7 Å². The van der Waals surface area contributed by atoms with E-state index in [4.69, 9.17) is 4.74 Å². The van der Waals surface area contributed by atoms with E-state index in [1.807, 2.05) is 19.1 Å². The van der Waals surface area contributed by atoms with Crippen LogP contribution in [0.2, 0.25) is 0 Å². The molecular weight excluding hydrogens is 306 g/mol. The first-order chi connectivity index (χ1) is 9.15. The monoisotopic (exact) mass is 327 g/mol. The van der Waals surface area contributed by atoms with Crippen LogP contribution in [0, 0.1) is 6.92 Å². The predicted molar refractivity (Wildman–Crippen MR) is 82.5 cm³/mol. The summed E-state index contributed by atoms with van der Waals surface area (Å²) in [6.07, 6.45) is 3.53. The highest BCUT2D eigenvalue weighted by molar-refractivity contribution is 9.10. The van der Waals surface area contributed by atoms with Gasteiger partial charge in [0.1, 0.15) is 0 Å². The highest BCUT2D eigenvalue weighted by atomic mass is 79.9. The number of hydrogen-bond donors (Lipinski definition) is 1.